The first kappa shape index (κ1) is 15.5. The van der Waals surface area contributed by atoms with E-state index in [-0.39, 0.29) is 12.2 Å². The van der Waals surface area contributed by atoms with Gasteiger partial charge in [-0.1, -0.05) is 60.7 Å². The highest BCUT2D eigenvalue weighted by Crippen LogP contribution is 2.29. The highest BCUT2D eigenvalue weighted by Gasteiger charge is 2.30. The number of carbonyl (C=O) groups excluding carboxylic acids is 2. The summed E-state index contributed by atoms with van der Waals surface area (Å²) in [5.41, 5.74) is 6.65. The Bertz CT molecular complexity index is 690. The molecule has 0 heterocycles. The second-order valence-corrected chi connectivity index (χ2v) is 5.02. The first-order valence-electron chi connectivity index (χ1n) is 6.95. The van der Waals surface area contributed by atoms with Crippen molar-refractivity contribution in [2.45, 2.75) is 12.3 Å². The highest BCUT2D eigenvalue weighted by atomic mass is 16.1. The van der Waals surface area contributed by atoms with Gasteiger partial charge in [0.1, 0.15) is 5.92 Å². The molecule has 2 aromatic carbocycles. The van der Waals surface area contributed by atoms with E-state index in [1.807, 2.05) is 30.3 Å². The highest BCUT2D eigenvalue weighted by molar-refractivity contribution is 5.97. The Morgan fingerprint density at radius 1 is 1.00 bits per heavy atom. The van der Waals surface area contributed by atoms with Gasteiger partial charge in [0.05, 0.1) is 6.07 Å². The molecule has 2 unspecified atom stereocenters. The van der Waals surface area contributed by atoms with Gasteiger partial charge in [0.2, 0.25) is 5.91 Å². The van der Waals surface area contributed by atoms with Crippen LogP contribution in [0.25, 0.3) is 0 Å². The molecule has 22 heavy (non-hydrogen) atoms. The SMILES string of the molecule is N#CC(C(N)=O)C(CC(=O)c1ccccc1)c1ccccc1. The number of hydrogen-bond acceptors (Lipinski definition) is 3. The van der Waals surface area contributed by atoms with E-state index in [2.05, 4.69) is 0 Å². The van der Waals surface area contributed by atoms with Crippen LogP contribution >= 0.6 is 0 Å². The van der Waals surface area contributed by atoms with Gasteiger partial charge in [-0.05, 0) is 5.56 Å². The lowest BCUT2D eigenvalue weighted by atomic mass is 9.81. The van der Waals surface area contributed by atoms with Gasteiger partial charge in [-0.15, -0.1) is 0 Å². The molecule has 2 aromatic rings. The fourth-order valence-electron chi connectivity index (χ4n) is 2.42. The summed E-state index contributed by atoms with van der Waals surface area (Å²) in [5.74, 6) is -2.40. The molecular formula is C18H16N2O2. The van der Waals surface area contributed by atoms with Gasteiger partial charge in [0.25, 0.3) is 0 Å². The summed E-state index contributed by atoms with van der Waals surface area (Å²) < 4.78 is 0. The normalized spacial score (nSPS) is 12.9. The second kappa shape index (κ2) is 7.19. The molecule has 0 aliphatic rings. The first-order valence-corrected chi connectivity index (χ1v) is 6.95. The van der Waals surface area contributed by atoms with Crippen LogP contribution in [0, 0.1) is 17.2 Å². The van der Waals surface area contributed by atoms with Crippen LogP contribution in [0.15, 0.2) is 60.7 Å². The summed E-state index contributed by atoms with van der Waals surface area (Å²) in [6.07, 6.45) is 0.0647. The first-order chi connectivity index (χ1) is 10.6. The molecule has 0 saturated carbocycles. The van der Waals surface area contributed by atoms with Crippen molar-refractivity contribution in [3.63, 3.8) is 0 Å². The lowest BCUT2D eigenvalue weighted by Crippen LogP contribution is -2.29. The van der Waals surface area contributed by atoms with Crippen molar-refractivity contribution in [3.05, 3.63) is 71.8 Å². The molecule has 4 heteroatoms. The minimum Gasteiger partial charge on any atom is -0.369 e. The van der Waals surface area contributed by atoms with Crippen molar-refractivity contribution in [2.24, 2.45) is 11.7 Å². The van der Waals surface area contributed by atoms with Crippen molar-refractivity contribution >= 4 is 11.7 Å². The van der Waals surface area contributed by atoms with Crippen LogP contribution in [0.5, 0.6) is 0 Å². The molecule has 2 rings (SSSR count). The zero-order valence-electron chi connectivity index (χ0n) is 12.0. The van der Waals surface area contributed by atoms with Crippen molar-refractivity contribution < 1.29 is 9.59 Å². The molecule has 2 N–H and O–H groups in total. The molecule has 2 atom stereocenters. The van der Waals surface area contributed by atoms with Gasteiger partial charge in [0.15, 0.2) is 5.78 Å². The number of carbonyl (C=O) groups is 2. The second-order valence-electron chi connectivity index (χ2n) is 5.02. The van der Waals surface area contributed by atoms with E-state index in [4.69, 9.17) is 5.73 Å². The number of ketones is 1. The van der Waals surface area contributed by atoms with E-state index in [0.717, 1.165) is 5.56 Å². The van der Waals surface area contributed by atoms with Crippen molar-refractivity contribution in [1.82, 2.24) is 0 Å². The Balaban J connectivity index is 2.32. The average Bonchev–Trinajstić information content (AvgIpc) is 2.55. The fourth-order valence-corrected chi connectivity index (χ4v) is 2.42. The molecular weight excluding hydrogens is 276 g/mol. The summed E-state index contributed by atoms with van der Waals surface area (Å²) in [6.45, 7) is 0. The Labute approximate surface area is 129 Å². The molecule has 1 amide bonds. The van der Waals surface area contributed by atoms with Crippen LogP contribution in [0.4, 0.5) is 0 Å². The average molecular weight is 292 g/mol. The van der Waals surface area contributed by atoms with E-state index in [9.17, 15) is 14.9 Å². The van der Waals surface area contributed by atoms with Crippen LogP contribution in [-0.2, 0) is 4.79 Å². The Morgan fingerprint density at radius 3 is 2.05 bits per heavy atom. The number of Topliss-reactive ketones (excluding diaryl/α,β-unsaturated/α-hetero) is 1. The topological polar surface area (TPSA) is 83.9 Å². The van der Waals surface area contributed by atoms with Crippen molar-refractivity contribution in [3.8, 4) is 6.07 Å². The Morgan fingerprint density at radius 2 is 1.55 bits per heavy atom. The van der Waals surface area contributed by atoms with Crippen molar-refractivity contribution in [2.75, 3.05) is 0 Å². The fraction of sp³-hybridized carbons (Fsp3) is 0.167. The van der Waals surface area contributed by atoms with Crippen molar-refractivity contribution in [1.29, 1.82) is 5.26 Å². The van der Waals surface area contributed by atoms with E-state index >= 15 is 0 Å². The van der Waals surface area contributed by atoms with Crippen LogP contribution in [0.1, 0.15) is 28.3 Å². The zero-order valence-corrected chi connectivity index (χ0v) is 12.0. The van der Waals surface area contributed by atoms with Crippen LogP contribution < -0.4 is 5.73 Å². The van der Waals surface area contributed by atoms with E-state index in [1.165, 1.54) is 0 Å². The Hall–Kier alpha value is -2.93. The summed E-state index contributed by atoms with van der Waals surface area (Å²) in [7, 11) is 0. The number of nitrogens with zero attached hydrogens (tertiary/aromatic N) is 1. The van der Waals surface area contributed by atoms with E-state index in [1.54, 1.807) is 36.4 Å². The number of rotatable bonds is 6. The lowest BCUT2D eigenvalue weighted by molar-refractivity contribution is -0.120. The molecule has 0 fully saturated rings. The Kier molecular flexibility index (Phi) is 5.05. The maximum Gasteiger partial charge on any atom is 0.235 e. The minimum absolute atomic E-state index is 0.0647. The summed E-state index contributed by atoms with van der Waals surface area (Å²) in [5, 5.41) is 9.25. The molecule has 4 nitrogen and oxygen atoms in total. The number of nitrogens with two attached hydrogens (primary N) is 1. The quantitative estimate of drug-likeness (QED) is 0.831. The van der Waals surface area contributed by atoms with E-state index < -0.39 is 17.7 Å². The smallest absolute Gasteiger partial charge is 0.235 e. The zero-order chi connectivity index (χ0) is 15.9. The predicted molar refractivity (Wildman–Crippen MR) is 82.9 cm³/mol. The predicted octanol–water partition coefficient (Wildman–Crippen LogP) is 2.67. The number of amides is 1. The molecule has 0 radical (unpaired) electrons. The van der Waals surface area contributed by atoms with Crippen LogP contribution in [0.2, 0.25) is 0 Å². The molecule has 110 valence electrons. The number of hydrogen-bond donors (Lipinski definition) is 1. The number of primary amides is 1. The van der Waals surface area contributed by atoms with Gasteiger partial charge in [0, 0.05) is 17.9 Å². The van der Waals surface area contributed by atoms with Crippen LogP contribution in [0.3, 0.4) is 0 Å². The maximum atomic E-state index is 12.4. The standard InChI is InChI=1S/C18H16N2O2/c19-12-16(18(20)22)15(13-7-3-1-4-8-13)11-17(21)14-9-5-2-6-10-14/h1-10,15-16H,11H2,(H2,20,22). The molecule has 0 aromatic heterocycles. The van der Waals surface area contributed by atoms with Gasteiger partial charge in [-0.3, -0.25) is 9.59 Å². The van der Waals surface area contributed by atoms with E-state index in [0.29, 0.717) is 5.56 Å². The monoisotopic (exact) mass is 292 g/mol. The summed E-state index contributed by atoms with van der Waals surface area (Å²) in [4.78, 5) is 24.0. The van der Waals surface area contributed by atoms with Gasteiger partial charge in [-0.25, -0.2) is 0 Å². The molecule has 0 aliphatic carbocycles. The summed E-state index contributed by atoms with van der Waals surface area (Å²) >= 11 is 0. The third-order valence-corrected chi connectivity index (χ3v) is 3.58. The third kappa shape index (κ3) is 3.58. The number of benzene rings is 2. The minimum atomic E-state index is -1.03. The molecule has 0 saturated heterocycles. The molecule has 0 spiro atoms. The van der Waals surface area contributed by atoms with Gasteiger partial charge >= 0.3 is 0 Å². The molecule has 0 aliphatic heterocycles. The third-order valence-electron chi connectivity index (χ3n) is 3.58. The van der Waals surface area contributed by atoms with Gasteiger partial charge < -0.3 is 5.73 Å². The summed E-state index contributed by atoms with van der Waals surface area (Å²) in [6, 6.07) is 19.8. The number of nitriles is 1. The van der Waals surface area contributed by atoms with Gasteiger partial charge in [-0.2, -0.15) is 5.26 Å². The van der Waals surface area contributed by atoms with Crippen LogP contribution in [-0.4, -0.2) is 11.7 Å². The maximum absolute atomic E-state index is 12.4. The molecule has 0 bridgehead atoms. The largest absolute Gasteiger partial charge is 0.369 e. The lowest BCUT2D eigenvalue weighted by Gasteiger charge is -2.19.